The highest BCUT2D eigenvalue weighted by atomic mass is 32.1. The molecule has 9 aromatic rings. The fraction of sp³-hybridized carbons (Fsp3) is 0.250. The van der Waals surface area contributed by atoms with Crippen LogP contribution in [0.1, 0.15) is 83.0 Å². The molecule has 4 aliphatic carbocycles. The predicted octanol–water partition coefficient (Wildman–Crippen LogP) is 13.5. The molecular formula is C64H60BOPS. The summed E-state index contributed by atoms with van der Waals surface area (Å²) < 4.78 is 17.9. The van der Waals surface area contributed by atoms with Gasteiger partial charge in [0.05, 0.1) is 0 Å². The average molecular weight is 919 g/mol. The van der Waals surface area contributed by atoms with E-state index >= 15 is 4.57 Å². The van der Waals surface area contributed by atoms with Gasteiger partial charge in [-0.15, -0.1) is 11.3 Å². The van der Waals surface area contributed by atoms with Gasteiger partial charge in [0.25, 0.3) is 0 Å². The molecular weight excluding hydrogens is 859 g/mol. The molecule has 2 unspecified atom stereocenters. The minimum Gasteiger partial charge on any atom is -0.309 e. The van der Waals surface area contributed by atoms with Crippen LogP contribution in [0, 0.1) is 53.4 Å². The quantitative estimate of drug-likeness (QED) is 0.104. The highest BCUT2D eigenvalue weighted by molar-refractivity contribution is 7.85. The molecule has 0 N–H and O–H groups in total. The molecule has 0 radical (unpaired) electrons. The maximum absolute atomic E-state index is 15.2. The van der Waals surface area contributed by atoms with Crippen molar-refractivity contribution in [1.29, 1.82) is 0 Å². The highest BCUT2D eigenvalue weighted by Crippen LogP contribution is 2.66. The summed E-state index contributed by atoms with van der Waals surface area (Å²) in [6.45, 7) is 13.8. The molecule has 4 bridgehead atoms. The fourth-order valence-corrected chi connectivity index (χ4v) is 18.3. The first kappa shape index (κ1) is 43.5. The largest absolute Gasteiger partial charge is 0.309 e. The molecule has 1 heterocycles. The lowest BCUT2D eigenvalue weighted by atomic mass is 9.34. The molecule has 4 saturated carbocycles. The van der Waals surface area contributed by atoms with Crippen LogP contribution in [0.3, 0.4) is 0 Å². The third-order valence-corrected chi connectivity index (χ3v) is 21.1. The summed E-state index contributed by atoms with van der Waals surface area (Å²) in [5.41, 5.74) is 18.2. The van der Waals surface area contributed by atoms with Gasteiger partial charge in [-0.3, -0.25) is 0 Å². The molecule has 0 aliphatic heterocycles. The lowest BCUT2D eigenvalue weighted by Gasteiger charge is -2.63. The van der Waals surface area contributed by atoms with E-state index in [0.717, 1.165) is 27.7 Å². The summed E-state index contributed by atoms with van der Waals surface area (Å²) in [5, 5.41) is 5.41. The topological polar surface area (TPSA) is 17.1 Å². The second kappa shape index (κ2) is 16.5. The van der Waals surface area contributed by atoms with Crippen LogP contribution >= 0.6 is 18.5 Å². The van der Waals surface area contributed by atoms with Gasteiger partial charge in [-0.25, -0.2) is 0 Å². The molecule has 8 aromatic carbocycles. The van der Waals surface area contributed by atoms with Crippen molar-refractivity contribution in [3.05, 3.63) is 214 Å². The van der Waals surface area contributed by atoms with E-state index in [4.69, 9.17) is 0 Å². The van der Waals surface area contributed by atoms with Gasteiger partial charge in [-0.1, -0.05) is 201 Å². The van der Waals surface area contributed by atoms with Crippen LogP contribution < -0.4 is 32.3 Å². The van der Waals surface area contributed by atoms with Crippen molar-refractivity contribution in [3.63, 3.8) is 0 Å². The standard InChI is InChI=1S/C64H60BOPS/c1-41-29-43(3)61(44(4)30-41)65(62-45(5)31-42(2)32-46(62)6)53-24-28-60-58(35-53)57-34-50(19-27-59(57)68-60)49-17-20-51(21-18-49)63-36-47-33-48(37-63)39-64(38-47,40-63)52-22-25-56(26-23-52)67(66,54-13-9-7-10-14-54)55-15-11-8-12-16-55/h7-32,34-35,47-48H,33,36-40H2,1-6H3. The van der Waals surface area contributed by atoms with Crippen LogP contribution in [0.4, 0.5) is 0 Å². The number of thiophene rings is 1. The van der Waals surface area contributed by atoms with Crippen molar-refractivity contribution < 1.29 is 4.57 Å². The second-order valence-electron chi connectivity index (χ2n) is 21.6. The molecule has 2 atom stereocenters. The Bertz CT molecular complexity index is 3300. The van der Waals surface area contributed by atoms with E-state index in [1.807, 2.05) is 72.0 Å². The molecule has 0 saturated heterocycles. The van der Waals surface area contributed by atoms with E-state index in [1.165, 1.54) is 131 Å². The lowest BCUT2D eigenvalue weighted by molar-refractivity contribution is -0.0281. The first-order valence-corrected chi connectivity index (χ1v) is 27.5. The Morgan fingerprint density at radius 1 is 0.471 bits per heavy atom. The molecule has 1 nitrogen and oxygen atoms in total. The summed E-state index contributed by atoms with van der Waals surface area (Å²) >= 11 is 1.91. The maximum Gasteiger partial charge on any atom is 0.242 e. The summed E-state index contributed by atoms with van der Waals surface area (Å²) in [6, 6.07) is 63.1. The average Bonchev–Trinajstić information content (AvgIpc) is 3.70. The van der Waals surface area contributed by atoms with Crippen molar-refractivity contribution in [1.82, 2.24) is 0 Å². The summed E-state index contributed by atoms with van der Waals surface area (Å²) in [5.74, 6) is 1.48. The molecule has 0 amide bonds. The number of aryl methyl sites for hydroxylation is 6. The van der Waals surface area contributed by atoms with Gasteiger partial charge in [0.15, 0.2) is 7.14 Å². The smallest absolute Gasteiger partial charge is 0.242 e. The number of hydrogen-bond donors (Lipinski definition) is 0. The van der Waals surface area contributed by atoms with Crippen molar-refractivity contribution >= 4 is 77.7 Å². The zero-order valence-corrected chi connectivity index (χ0v) is 42.1. The molecule has 4 fully saturated rings. The first-order chi connectivity index (χ1) is 32.9. The number of rotatable bonds is 9. The Kier molecular flexibility index (Phi) is 10.5. The van der Waals surface area contributed by atoms with Gasteiger partial charge in [0.2, 0.25) is 6.71 Å². The monoisotopic (exact) mass is 918 g/mol. The molecule has 68 heavy (non-hydrogen) atoms. The molecule has 1 aromatic heterocycles. The van der Waals surface area contributed by atoms with Crippen molar-refractivity contribution in [3.8, 4) is 11.1 Å². The Morgan fingerprint density at radius 3 is 1.40 bits per heavy atom. The lowest BCUT2D eigenvalue weighted by Crippen LogP contribution is -2.55. The second-order valence-corrected chi connectivity index (χ2v) is 25.4. The molecule has 0 spiro atoms. The van der Waals surface area contributed by atoms with Gasteiger partial charge in [-0.05, 0) is 149 Å². The zero-order chi connectivity index (χ0) is 46.5. The van der Waals surface area contributed by atoms with Crippen molar-refractivity contribution in [2.75, 3.05) is 0 Å². The number of hydrogen-bond acceptors (Lipinski definition) is 2. The third-order valence-electron chi connectivity index (χ3n) is 16.9. The van der Waals surface area contributed by atoms with Gasteiger partial charge in [0.1, 0.15) is 0 Å². The Labute approximate surface area is 408 Å². The molecule has 13 rings (SSSR count). The van der Waals surface area contributed by atoms with Crippen LogP contribution in [0.15, 0.2) is 170 Å². The van der Waals surface area contributed by atoms with Crippen LogP contribution in [0.2, 0.25) is 0 Å². The van der Waals surface area contributed by atoms with Gasteiger partial charge in [-0.2, -0.15) is 0 Å². The molecule has 4 aliphatic rings. The Balaban J connectivity index is 0.872. The maximum atomic E-state index is 15.2. The van der Waals surface area contributed by atoms with Crippen molar-refractivity contribution in [2.45, 2.75) is 90.9 Å². The van der Waals surface area contributed by atoms with Gasteiger partial charge >= 0.3 is 0 Å². The van der Waals surface area contributed by atoms with Crippen molar-refractivity contribution in [2.24, 2.45) is 11.8 Å². The van der Waals surface area contributed by atoms with Crippen LogP contribution in [-0.2, 0) is 15.4 Å². The number of fused-ring (bicyclic) bond motifs is 3. The molecule has 4 heteroatoms. The fourth-order valence-electron chi connectivity index (χ4n) is 14.6. The van der Waals surface area contributed by atoms with E-state index in [9.17, 15) is 0 Å². The first-order valence-electron chi connectivity index (χ1n) is 24.9. The summed E-state index contributed by atoms with van der Waals surface area (Å²) in [6.07, 6.45) is 7.67. The SMILES string of the molecule is Cc1cc(C)c(B(c2ccc3sc4ccc(-c5ccc(C67CC8CC(C6)CC(c6ccc(P(=O)(c9ccccc9)c9ccccc9)cc6)(C8)C7)cc5)cc4c3c2)c2c(C)cc(C)cc2C)c(C)c1. The van der Waals surface area contributed by atoms with Crippen LogP contribution in [-0.4, -0.2) is 6.71 Å². The van der Waals surface area contributed by atoms with Gasteiger partial charge in [0, 0.05) is 30.7 Å². The number of benzene rings is 8. The highest BCUT2D eigenvalue weighted by Gasteiger charge is 2.58. The normalized spacial score (nSPS) is 20.9. The van der Waals surface area contributed by atoms with E-state index in [0.29, 0.717) is 0 Å². The molecule has 336 valence electrons. The van der Waals surface area contributed by atoms with Crippen LogP contribution in [0.5, 0.6) is 0 Å². The minimum atomic E-state index is -3.02. The Hall–Kier alpha value is -5.73. The van der Waals surface area contributed by atoms with Gasteiger partial charge < -0.3 is 4.57 Å². The zero-order valence-electron chi connectivity index (χ0n) is 40.4. The third kappa shape index (κ3) is 7.14. The van der Waals surface area contributed by atoms with E-state index in [1.54, 1.807) is 0 Å². The van der Waals surface area contributed by atoms with E-state index < -0.39 is 7.14 Å². The predicted molar refractivity (Wildman–Crippen MR) is 295 cm³/mol. The Morgan fingerprint density at radius 2 is 0.897 bits per heavy atom. The van der Waals surface area contributed by atoms with E-state index in [-0.39, 0.29) is 17.5 Å². The van der Waals surface area contributed by atoms with E-state index in [2.05, 4.69) is 151 Å². The van der Waals surface area contributed by atoms with Crippen LogP contribution in [0.25, 0.3) is 31.3 Å². The minimum absolute atomic E-state index is 0.146. The summed E-state index contributed by atoms with van der Waals surface area (Å²) in [7, 11) is -3.02. The summed E-state index contributed by atoms with van der Waals surface area (Å²) in [4.78, 5) is 0.